The van der Waals surface area contributed by atoms with Crippen molar-refractivity contribution in [3.05, 3.63) is 63.6 Å². The Bertz CT molecular complexity index is 595. The van der Waals surface area contributed by atoms with Gasteiger partial charge < -0.3 is 0 Å². The van der Waals surface area contributed by atoms with Crippen molar-refractivity contribution in [1.82, 2.24) is 0 Å². The molecule has 1 aliphatic carbocycles. The van der Waals surface area contributed by atoms with Crippen LogP contribution in [0.4, 0.5) is 0 Å². The van der Waals surface area contributed by atoms with E-state index in [9.17, 15) is 0 Å². The van der Waals surface area contributed by atoms with Crippen molar-refractivity contribution in [2.75, 3.05) is 0 Å². The quantitative estimate of drug-likeness (QED) is 0.692. The average molecular weight is 285 g/mol. The molecule has 0 saturated carbocycles. The predicted octanol–water partition coefficient (Wildman–Crippen LogP) is 4.99. The molecule has 84 valence electrons. The zero-order chi connectivity index (χ0) is 11.8. The van der Waals surface area contributed by atoms with E-state index in [0.29, 0.717) is 0 Å². The lowest BCUT2D eigenvalue weighted by Gasteiger charge is -2.13. The summed E-state index contributed by atoms with van der Waals surface area (Å²) in [6.45, 7) is 2.16. The molecule has 0 saturated heterocycles. The number of fused-ring (bicyclic) bond motifs is 1. The molecular formula is C16H13Br. The van der Waals surface area contributed by atoms with Crippen LogP contribution in [0.2, 0.25) is 0 Å². The van der Waals surface area contributed by atoms with Crippen LogP contribution < -0.4 is 0 Å². The number of rotatable bonds is 1. The SMILES string of the molecule is Cc1cc(-c2ccccc2)c2c(c1Br)C=CC2. The van der Waals surface area contributed by atoms with Gasteiger partial charge in [0.2, 0.25) is 0 Å². The molecule has 0 heterocycles. The number of benzene rings is 2. The third-order valence-corrected chi connectivity index (χ3v) is 4.34. The third-order valence-electron chi connectivity index (χ3n) is 3.29. The van der Waals surface area contributed by atoms with Crippen molar-refractivity contribution >= 4 is 22.0 Å². The lowest BCUT2D eigenvalue weighted by atomic mass is 9.94. The Morgan fingerprint density at radius 3 is 2.65 bits per heavy atom. The normalized spacial score (nSPS) is 12.8. The molecule has 3 rings (SSSR count). The van der Waals surface area contributed by atoms with E-state index in [1.54, 1.807) is 0 Å². The summed E-state index contributed by atoms with van der Waals surface area (Å²) in [5, 5.41) is 0. The lowest BCUT2D eigenvalue weighted by Crippen LogP contribution is -1.92. The smallest absolute Gasteiger partial charge is 0.0280 e. The molecule has 1 aliphatic rings. The second-order valence-corrected chi connectivity index (χ2v) is 5.21. The zero-order valence-corrected chi connectivity index (χ0v) is 11.3. The van der Waals surface area contributed by atoms with Crippen molar-refractivity contribution in [3.63, 3.8) is 0 Å². The van der Waals surface area contributed by atoms with E-state index in [-0.39, 0.29) is 0 Å². The lowest BCUT2D eigenvalue weighted by molar-refractivity contribution is 1.28. The summed E-state index contributed by atoms with van der Waals surface area (Å²) in [7, 11) is 0. The molecular weight excluding hydrogens is 272 g/mol. The van der Waals surface area contributed by atoms with Crippen molar-refractivity contribution in [3.8, 4) is 11.1 Å². The second-order valence-electron chi connectivity index (χ2n) is 4.42. The summed E-state index contributed by atoms with van der Waals surface area (Å²) in [6, 6.07) is 12.9. The van der Waals surface area contributed by atoms with E-state index in [1.807, 2.05) is 0 Å². The topological polar surface area (TPSA) is 0 Å². The van der Waals surface area contributed by atoms with Crippen LogP contribution >= 0.6 is 15.9 Å². The first-order chi connectivity index (χ1) is 8.27. The van der Waals surface area contributed by atoms with Gasteiger partial charge in [0, 0.05) is 4.47 Å². The Labute approximate surface area is 110 Å². The first-order valence-corrected chi connectivity index (χ1v) is 6.60. The summed E-state index contributed by atoms with van der Waals surface area (Å²) < 4.78 is 1.24. The van der Waals surface area contributed by atoms with Crippen molar-refractivity contribution < 1.29 is 0 Å². The largest absolute Gasteiger partial charge is 0.0794 e. The van der Waals surface area contributed by atoms with Gasteiger partial charge >= 0.3 is 0 Å². The number of halogens is 1. The zero-order valence-electron chi connectivity index (χ0n) is 9.70. The predicted molar refractivity (Wildman–Crippen MR) is 77.1 cm³/mol. The highest BCUT2D eigenvalue weighted by Crippen LogP contribution is 2.37. The molecule has 0 atom stereocenters. The first kappa shape index (κ1) is 10.8. The van der Waals surface area contributed by atoms with Gasteiger partial charge in [0.15, 0.2) is 0 Å². The maximum absolute atomic E-state index is 3.69. The summed E-state index contributed by atoms with van der Waals surface area (Å²) in [5.41, 5.74) is 6.76. The van der Waals surface area contributed by atoms with Crippen LogP contribution in [-0.2, 0) is 6.42 Å². The number of hydrogen-bond donors (Lipinski definition) is 0. The fourth-order valence-corrected chi connectivity index (χ4v) is 2.91. The molecule has 0 nitrogen and oxygen atoms in total. The fourth-order valence-electron chi connectivity index (χ4n) is 2.42. The van der Waals surface area contributed by atoms with Gasteiger partial charge in [-0.2, -0.15) is 0 Å². The monoisotopic (exact) mass is 284 g/mol. The Morgan fingerprint density at radius 1 is 1.12 bits per heavy atom. The van der Waals surface area contributed by atoms with Gasteiger partial charge in [0.05, 0.1) is 0 Å². The second kappa shape index (κ2) is 4.15. The minimum absolute atomic E-state index is 1.04. The van der Waals surface area contributed by atoms with Crippen LogP contribution in [0.1, 0.15) is 16.7 Å². The van der Waals surface area contributed by atoms with Crippen LogP contribution in [0, 0.1) is 6.92 Å². The molecule has 0 aromatic heterocycles. The summed E-state index contributed by atoms with van der Waals surface area (Å²) in [4.78, 5) is 0. The van der Waals surface area contributed by atoms with Gasteiger partial charge in [-0.15, -0.1) is 0 Å². The van der Waals surface area contributed by atoms with E-state index in [2.05, 4.69) is 71.4 Å². The molecule has 17 heavy (non-hydrogen) atoms. The molecule has 2 aromatic rings. The maximum atomic E-state index is 3.69. The van der Waals surface area contributed by atoms with E-state index >= 15 is 0 Å². The Kier molecular flexibility index (Phi) is 2.64. The molecule has 0 amide bonds. The van der Waals surface area contributed by atoms with Crippen molar-refractivity contribution in [1.29, 1.82) is 0 Å². The van der Waals surface area contributed by atoms with E-state index in [1.165, 1.54) is 32.3 Å². The van der Waals surface area contributed by atoms with Crippen molar-refractivity contribution in [2.24, 2.45) is 0 Å². The molecule has 0 unspecified atom stereocenters. The Hall–Kier alpha value is -1.34. The highest BCUT2D eigenvalue weighted by atomic mass is 79.9. The van der Waals surface area contributed by atoms with Gasteiger partial charge in [0.25, 0.3) is 0 Å². The molecule has 0 N–H and O–H groups in total. The maximum Gasteiger partial charge on any atom is 0.0280 e. The van der Waals surface area contributed by atoms with Crippen LogP contribution in [0.5, 0.6) is 0 Å². The minimum Gasteiger partial charge on any atom is -0.0794 e. The van der Waals surface area contributed by atoms with E-state index in [4.69, 9.17) is 0 Å². The molecule has 0 fully saturated rings. The van der Waals surface area contributed by atoms with Crippen LogP contribution in [0.15, 0.2) is 46.9 Å². The van der Waals surface area contributed by atoms with Gasteiger partial charge in [-0.3, -0.25) is 0 Å². The molecule has 0 aliphatic heterocycles. The van der Waals surface area contributed by atoms with Crippen LogP contribution in [0.25, 0.3) is 17.2 Å². The van der Waals surface area contributed by atoms with Crippen LogP contribution in [-0.4, -0.2) is 0 Å². The van der Waals surface area contributed by atoms with Crippen molar-refractivity contribution in [2.45, 2.75) is 13.3 Å². The molecule has 0 radical (unpaired) electrons. The minimum atomic E-state index is 1.04. The number of allylic oxidation sites excluding steroid dienone is 1. The molecule has 0 spiro atoms. The number of aryl methyl sites for hydroxylation is 1. The molecule has 0 bridgehead atoms. The van der Waals surface area contributed by atoms with E-state index in [0.717, 1.165) is 6.42 Å². The standard InChI is InChI=1S/C16H13Br/c1-11-10-15(12-6-3-2-4-7-12)13-8-5-9-14(13)16(11)17/h2-7,9-10H,8H2,1H3. The molecule has 2 aromatic carbocycles. The van der Waals surface area contributed by atoms with Gasteiger partial charge in [-0.1, -0.05) is 42.5 Å². The fraction of sp³-hybridized carbons (Fsp3) is 0.125. The van der Waals surface area contributed by atoms with Gasteiger partial charge in [-0.05, 0) is 63.2 Å². The number of hydrogen-bond acceptors (Lipinski definition) is 0. The van der Waals surface area contributed by atoms with Crippen LogP contribution in [0.3, 0.4) is 0 Å². The highest BCUT2D eigenvalue weighted by Gasteiger charge is 2.16. The van der Waals surface area contributed by atoms with Gasteiger partial charge in [0.1, 0.15) is 0 Å². The summed E-state index contributed by atoms with van der Waals surface area (Å²) in [5.74, 6) is 0. The summed E-state index contributed by atoms with van der Waals surface area (Å²) in [6.07, 6.45) is 5.50. The average Bonchev–Trinajstić information content (AvgIpc) is 2.84. The highest BCUT2D eigenvalue weighted by molar-refractivity contribution is 9.10. The first-order valence-electron chi connectivity index (χ1n) is 5.81. The van der Waals surface area contributed by atoms with E-state index < -0.39 is 0 Å². The third kappa shape index (κ3) is 1.75. The Morgan fingerprint density at radius 2 is 1.88 bits per heavy atom. The Balaban J connectivity index is 2.27. The van der Waals surface area contributed by atoms with Gasteiger partial charge in [-0.25, -0.2) is 0 Å². The molecule has 1 heteroatoms. The summed E-state index contributed by atoms with van der Waals surface area (Å²) >= 11 is 3.69.